The highest BCUT2D eigenvalue weighted by Crippen LogP contribution is 2.29. The van der Waals surface area contributed by atoms with E-state index in [1.54, 1.807) is 0 Å². The van der Waals surface area contributed by atoms with Crippen molar-refractivity contribution in [2.24, 2.45) is 5.92 Å². The SMILES string of the molecule is Cc1cc(C)cc(-c2ccccc2NC(=O)OCC2CCN(C)C2)c1. The van der Waals surface area contributed by atoms with Gasteiger partial charge in [-0.3, -0.25) is 5.32 Å². The quantitative estimate of drug-likeness (QED) is 0.894. The summed E-state index contributed by atoms with van der Waals surface area (Å²) in [6.07, 6.45) is 0.703. The molecule has 25 heavy (non-hydrogen) atoms. The first kappa shape index (κ1) is 17.5. The van der Waals surface area contributed by atoms with Gasteiger partial charge in [-0.25, -0.2) is 4.79 Å². The number of likely N-dealkylation sites (tertiary alicyclic amines) is 1. The molecule has 4 heteroatoms. The van der Waals surface area contributed by atoms with Crippen LogP contribution in [0.1, 0.15) is 17.5 Å². The van der Waals surface area contributed by atoms with Crippen molar-refractivity contribution < 1.29 is 9.53 Å². The molecule has 0 spiro atoms. The Morgan fingerprint density at radius 1 is 1.20 bits per heavy atom. The molecule has 1 aliphatic heterocycles. The van der Waals surface area contributed by atoms with Crippen LogP contribution in [0, 0.1) is 19.8 Å². The van der Waals surface area contributed by atoms with Crippen LogP contribution in [-0.4, -0.2) is 37.7 Å². The normalized spacial score (nSPS) is 17.5. The number of rotatable bonds is 4. The molecule has 1 N–H and O–H groups in total. The summed E-state index contributed by atoms with van der Waals surface area (Å²) in [5, 5.41) is 2.91. The van der Waals surface area contributed by atoms with E-state index in [2.05, 4.69) is 49.3 Å². The number of nitrogens with zero attached hydrogens (tertiary/aromatic N) is 1. The lowest BCUT2D eigenvalue weighted by molar-refractivity contribution is 0.142. The number of anilines is 1. The molecule has 1 unspecified atom stereocenters. The lowest BCUT2D eigenvalue weighted by Gasteiger charge is -2.14. The van der Waals surface area contributed by atoms with Crippen LogP contribution in [0.25, 0.3) is 11.1 Å². The minimum Gasteiger partial charge on any atom is -0.449 e. The van der Waals surface area contributed by atoms with Gasteiger partial charge in [0.15, 0.2) is 0 Å². The second-order valence-corrected chi connectivity index (χ2v) is 7.06. The smallest absolute Gasteiger partial charge is 0.411 e. The highest BCUT2D eigenvalue weighted by molar-refractivity contribution is 5.91. The van der Waals surface area contributed by atoms with E-state index >= 15 is 0 Å². The van der Waals surface area contributed by atoms with Crippen LogP contribution in [0.4, 0.5) is 10.5 Å². The molecule has 2 aromatic rings. The zero-order valence-corrected chi connectivity index (χ0v) is 15.2. The van der Waals surface area contributed by atoms with Gasteiger partial charge in [0.2, 0.25) is 0 Å². The van der Waals surface area contributed by atoms with E-state index in [-0.39, 0.29) is 6.09 Å². The van der Waals surface area contributed by atoms with E-state index in [1.807, 2.05) is 24.3 Å². The molecular formula is C21H26N2O2. The topological polar surface area (TPSA) is 41.6 Å². The summed E-state index contributed by atoms with van der Waals surface area (Å²) >= 11 is 0. The van der Waals surface area contributed by atoms with Crippen LogP contribution in [0.3, 0.4) is 0 Å². The Morgan fingerprint density at radius 2 is 1.92 bits per heavy atom. The molecule has 1 heterocycles. The third kappa shape index (κ3) is 4.60. The molecule has 4 nitrogen and oxygen atoms in total. The number of ether oxygens (including phenoxy) is 1. The standard InChI is InChI=1S/C21H26N2O2/c1-15-10-16(2)12-18(11-15)19-6-4-5-7-20(19)22-21(24)25-14-17-8-9-23(3)13-17/h4-7,10-12,17H,8-9,13-14H2,1-3H3,(H,22,24). The van der Waals surface area contributed by atoms with Gasteiger partial charge in [-0.15, -0.1) is 0 Å². The zero-order valence-electron chi connectivity index (χ0n) is 15.2. The van der Waals surface area contributed by atoms with Crippen molar-refractivity contribution in [3.05, 3.63) is 53.6 Å². The van der Waals surface area contributed by atoms with Gasteiger partial charge in [0.05, 0.1) is 12.3 Å². The van der Waals surface area contributed by atoms with Crippen LogP contribution in [0.15, 0.2) is 42.5 Å². The minimum atomic E-state index is -0.383. The van der Waals surface area contributed by atoms with Crippen molar-refractivity contribution in [3.63, 3.8) is 0 Å². The molecule has 1 saturated heterocycles. The number of hydrogen-bond acceptors (Lipinski definition) is 3. The molecule has 3 rings (SSSR count). The van der Waals surface area contributed by atoms with Crippen molar-refractivity contribution >= 4 is 11.8 Å². The molecule has 0 saturated carbocycles. The minimum absolute atomic E-state index is 0.383. The summed E-state index contributed by atoms with van der Waals surface area (Å²) in [5.74, 6) is 0.436. The Kier molecular flexibility index (Phi) is 5.39. The van der Waals surface area contributed by atoms with E-state index in [1.165, 1.54) is 11.1 Å². The Bertz CT molecular complexity index is 737. The summed E-state index contributed by atoms with van der Waals surface area (Å²) < 4.78 is 5.44. The van der Waals surface area contributed by atoms with E-state index in [9.17, 15) is 4.79 Å². The second kappa shape index (κ2) is 7.70. The Labute approximate surface area is 149 Å². The molecule has 1 fully saturated rings. The van der Waals surface area contributed by atoms with Crippen LogP contribution in [0.5, 0.6) is 0 Å². The van der Waals surface area contributed by atoms with E-state index in [0.29, 0.717) is 12.5 Å². The maximum atomic E-state index is 12.2. The highest BCUT2D eigenvalue weighted by atomic mass is 16.5. The van der Waals surface area contributed by atoms with E-state index in [0.717, 1.165) is 36.3 Å². The number of nitrogens with one attached hydrogen (secondary N) is 1. The molecule has 1 aliphatic rings. The monoisotopic (exact) mass is 338 g/mol. The number of amides is 1. The number of carbonyl (C=O) groups excluding carboxylic acids is 1. The lowest BCUT2D eigenvalue weighted by atomic mass is 9.99. The first-order chi connectivity index (χ1) is 12.0. The fourth-order valence-electron chi connectivity index (χ4n) is 3.48. The van der Waals surface area contributed by atoms with E-state index < -0.39 is 0 Å². The average molecular weight is 338 g/mol. The lowest BCUT2D eigenvalue weighted by Crippen LogP contribution is -2.21. The molecule has 1 atom stereocenters. The van der Waals surface area contributed by atoms with Crippen LogP contribution in [0.2, 0.25) is 0 Å². The molecular weight excluding hydrogens is 312 g/mol. The van der Waals surface area contributed by atoms with Gasteiger partial charge in [-0.2, -0.15) is 0 Å². The number of benzene rings is 2. The van der Waals surface area contributed by atoms with Gasteiger partial charge in [0.1, 0.15) is 0 Å². The van der Waals surface area contributed by atoms with Gasteiger partial charge < -0.3 is 9.64 Å². The van der Waals surface area contributed by atoms with Gasteiger partial charge in [-0.05, 0) is 45.5 Å². The predicted octanol–water partition coefficient (Wildman–Crippen LogP) is 4.47. The maximum absolute atomic E-state index is 12.2. The Morgan fingerprint density at radius 3 is 2.60 bits per heavy atom. The van der Waals surface area contributed by atoms with Gasteiger partial charge in [0.25, 0.3) is 0 Å². The Hall–Kier alpha value is -2.33. The average Bonchev–Trinajstić information content (AvgIpc) is 2.98. The van der Waals surface area contributed by atoms with Gasteiger partial charge in [-0.1, -0.05) is 47.5 Å². The number of aryl methyl sites for hydroxylation is 2. The van der Waals surface area contributed by atoms with Gasteiger partial charge in [0, 0.05) is 18.0 Å². The van der Waals surface area contributed by atoms with Crippen LogP contribution < -0.4 is 5.32 Å². The van der Waals surface area contributed by atoms with Crippen LogP contribution >= 0.6 is 0 Å². The number of hydrogen-bond donors (Lipinski definition) is 1. The molecule has 0 bridgehead atoms. The third-order valence-electron chi connectivity index (χ3n) is 4.64. The van der Waals surface area contributed by atoms with Crippen molar-refractivity contribution in [2.45, 2.75) is 20.3 Å². The van der Waals surface area contributed by atoms with Crippen molar-refractivity contribution in [1.82, 2.24) is 4.90 Å². The van der Waals surface area contributed by atoms with Gasteiger partial charge >= 0.3 is 6.09 Å². The van der Waals surface area contributed by atoms with E-state index in [4.69, 9.17) is 4.74 Å². The summed E-state index contributed by atoms with van der Waals surface area (Å²) in [5.41, 5.74) is 5.30. The third-order valence-corrected chi connectivity index (χ3v) is 4.64. The molecule has 1 amide bonds. The van der Waals surface area contributed by atoms with Crippen molar-refractivity contribution in [1.29, 1.82) is 0 Å². The fraction of sp³-hybridized carbons (Fsp3) is 0.381. The molecule has 0 radical (unpaired) electrons. The number of para-hydroxylation sites is 1. The summed E-state index contributed by atoms with van der Waals surface area (Å²) in [7, 11) is 2.10. The molecule has 132 valence electrons. The fourth-order valence-corrected chi connectivity index (χ4v) is 3.48. The molecule has 0 aliphatic carbocycles. The van der Waals surface area contributed by atoms with Crippen molar-refractivity contribution in [2.75, 3.05) is 32.1 Å². The predicted molar refractivity (Wildman–Crippen MR) is 102 cm³/mol. The summed E-state index contributed by atoms with van der Waals surface area (Å²) in [4.78, 5) is 14.5. The summed E-state index contributed by atoms with van der Waals surface area (Å²) in [6, 6.07) is 14.3. The largest absolute Gasteiger partial charge is 0.449 e. The maximum Gasteiger partial charge on any atom is 0.411 e. The second-order valence-electron chi connectivity index (χ2n) is 7.06. The summed E-state index contributed by atoms with van der Waals surface area (Å²) in [6.45, 7) is 6.71. The number of carbonyl (C=O) groups is 1. The first-order valence-corrected chi connectivity index (χ1v) is 8.81. The molecule has 0 aromatic heterocycles. The Balaban J connectivity index is 1.69. The highest BCUT2D eigenvalue weighted by Gasteiger charge is 2.21. The molecule has 2 aromatic carbocycles. The first-order valence-electron chi connectivity index (χ1n) is 8.81. The van der Waals surface area contributed by atoms with Crippen molar-refractivity contribution in [3.8, 4) is 11.1 Å². The zero-order chi connectivity index (χ0) is 17.8. The van der Waals surface area contributed by atoms with Crippen LogP contribution in [-0.2, 0) is 4.74 Å².